The molecule has 0 spiro atoms. The summed E-state index contributed by atoms with van der Waals surface area (Å²) in [7, 11) is 0. The molecular weight excluding hydrogens is 370 g/mol. The van der Waals surface area contributed by atoms with Crippen molar-refractivity contribution in [3.63, 3.8) is 0 Å². The van der Waals surface area contributed by atoms with Gasteiger partial charge in [-0.1, -0.05) is 44.0 Å². The molecule has 1 heterocycles. The maximum absolute atomic E-state index is 6.41. The van der Waals surface area contributed by atoms with E-state index in [-0.39, 0.29) is 6.04 Å². The van der Waals surface area contributed by atoms with Crippen molar-refractivity contribution in [2.75, 3.05) is 6.61 Å². The lowest BCUT2D eigenvalue weighted by Gasteiger charge is -2.17. The molecule has 0 bridgehead atoms. The van der Waals surface area contributed by atoms with E-state index in [9.17, 15) is 0 Å². The van der Waals surface area contributed by atoms with Gasteiger partial charge in [-0.25, -0.2) is 0 Å². The molecule has 98 valence electrons. The third kappa shape index (κ3) is 2.57. The van der Waals surface area contributed by atoms with E-state index in [1.54, 1.807) is 0 Å². The van der Waals surface area contributed by atoms with Crippen LogP contribution in [-0.2, 0) is 6.42 Å². The van der Waals surface area contributed by atoms with Crippen molar-refractivity contribution in [1.82, 2.24) is 0 Å². The van der Waals surface area contributed by atoms with Crippen LogP contribution < -0.4 is 10.5 Å². The second-order valence-corrected chi connectivity index (χ2v) is 6.45. The fourth-order valence-electron chi connectivity index (χ4n) is 2.41. The van der Waals surface area contributed by atoms with Crippen LogP contribution in [0.4, 0.5) is 0 Å². The Bertz CT molecular complexity index is 628. The highest BCUT2D eigenvalue weighted by Gasteiger charge is 2.22. The van der Waals surface area contributed by atoms with Gasteiger partial charge in [0.15, 0.2) is 0 Å². The van der Waals surface area contributed by atoms with E-state index in [1.165, 1.54) is 5.56 Å². The topological polar surface area (TPSA) is 35.2 Å². The van der Waals surface area contributed by atoms with Crippen LogP contribution in [0, 0.1) is 0 Å². The highest BCUT2D eigenvalue weighted by molar-refractivity contribution is 9.10. The van der Waals surface area contributed by atoms with E-state index in [0.29, 0.717) is 0 Å². The summed E-state index contributed by atoms with van der Waals surface area (Å²) in [5.41, 5.74) is 9.75. The maximum Gasteiger partial charge on any atom is 0.127 e. The van der Waals surface area contributed by atoms with Gasteiger partial charge in [0.2, 0.25) is 0 Å². The molecule has 1 aliphatic rings. The number of benzene rings is 2. The number of nitrogens with two attached hydrogens (primary N) is 1. The molecule has 0 amide bonds. The molecule has 0 aromatic heterocycles. The highest BCUT2D eigenvalue weighted by atomic mass is 79.9. The predicted molar refractivity (Wildman–Crippen MR) is 83.5 cm³/mol. The van der Waals surface area contributed by atoms with Crippen LogP contribution in [0.1, 0.15) is 22.7 Å². The fourth-order valence-corrected chi connectivity index (χ4v) is 3.35. The van der Waals surface area contributed by atoms with Gasteiger partial charge in [-0.2, -0.15) is 0 Å². The van der Waals surface area contributed by atoms with E-state index in [1.807, 2.05) is 24.3 Å². The first-order chi connectivity index (χ1) is 9.15. The Morgan fingerprint density at radius 1 is 1.11 bits per heavy atom. The lowest BCUT2D eigenvalue weighted by atomic mass is 9.97. The Balaban J connectivity index is 2.07. The molecule has 0 radical (unpaired) electrons. The van der Waals surface area contributed by atoms with Gasteiger partial charge in [-0.15, -0.1) is 0 Å². The van der Waals surface area contributed by atoms with Crippen LogP contribution in [0.3, 0.4) is 0 Å². The molecule has 1 aliphatic heterocycles. The van der Waals surface area contributed by atoms with Gasteiger partial charge in [0.1, 0.15) is 5.75 Å². The second kappa shape index (κ2) is 5.27. The highest BCUT2D eigenvalue weighted by Crippen LogP contribution is 2.38. The third-order valence-electron chi connectivity index (χ3n) is 3.32. The molecule has 1 unspecified atom stereocenters. The Kier molecular flexibility index (Phi) is 3.65. The van der Waals surface area contributed by atoms with Crippen LogP contribution in [0.25, 0.3) is 0 Å². The summed E-state index contributed by atoms with van der Waals surface area (Å²) in [4.78, 5) is 0. The van der Waals surface area contributed by atoms with Crippen LogP contribution in [0.2, 0.25) is 0 Å². The van der Waals surface area contributed by atoms with Gasteiger partial charge in [0, 0.05) is 20.9 Å². The van der Waals surface area contributed by atoms with Crippen molar-refractivity contribution in [1.29, 1.82) is 0 Å². The molecule has 2 N–H and O–H groups in total. The summed E-state index contributed by atoms with van der Waals surface area (Å²) < 4.78 is 7.83. The quantitative estimate of drug-likeness (QED) is 0.844. The lowest BCUT2D eigenvalue weighted by Crippen LogP contribution is -2.13. The number of fused-ring (bicyclic) bond motifs is 1. The summed E-state index contributed by atoms with van der Waals surface area (Å²) in [5, 5.41) is 0. The van der Waals surface area contributed by atoms with Crippen molar-refractivity contribution in [3.8, 4) is 5.75 Å². The van der Waals surface area contributed by atoms with Gasteiger partial charge in [0.05, 0.1) is 12.6 Å². The predicted octanol–water partition coefficient (Wildman–Crippen LogP) is 4.19. The van der Waals surface area contributed by atoms with Gasteiger partial charge < -0.3 is 10.5 Å². The number of hydrogen-bond donors (Lipinski definition) is 1. The van der Waals surface area contributed by atoms with Crippen LogP contribution >= 0.6 is 31.9 Å². The average molecular weight is 383 g/mol. The minimum Gasteiger partial charge on any atom is -0.493 e. The molecule has 0 fully saturated rings. The number of hydrogen-bond acceptors (Lipinski definition) is 2. The smallest absolute Gasteiger partial charge is 0.127 e. The maximum atomic E-state index is 6.41. The van der Waals surface area contributed by atoms with Gasteiger partial charge in [0.25, 0.3) is 0 Å². The van der Waals surface area contributed by atoms with Crippen LogP contribution in [-0.4, -0.2) is 6.61 Å². The van der Waals surface area contributed by atoms with E-state index in [4.69, 9.17) is 10.5 Å². The first kappa shape index (κ1) is 13.2. The van der Waals surface area contributed by atoms with Gasteiger partial charge >= 0.3 is 0 Å². The van der Waals surface area contributed by atoms with E-state index < -0.39 is 0 Å². The number of rotatable bonds is 2. The first-order valence-corrected chi connectivity index (χ1v) is 7.70. The molecule has 0 saturated carbocycles. The lowest BCUT2D eigenvalue weighted by molar-refractivity contribution is 0.352. The summed E-state index contributed by atoms with van der Waals surface area (Å²) >= 11 is 7.03. The summed E-state index contributed by atoms with van der Waals surface area (Å²) in [6.07, 6.45) is 0.951. The monoisotopic (exact) mass is 381 g/mol. The largest absolute Gasteiger partial charge is 0.493 e. The summed E-state index contributed by atoms with van der Waals surface area (Å²) in [5.74, 6) is 0.954. The molecular formula is C15H13Br2NO. The average Bonchev–Trinajstić information content (AvgIpc) is 2.85. The minimum atomic E-state index is -0.179. The third-order valence-corrected chi connectivity index (χ3v) is 4.27. The van der Waals surface area contributed by atoms with Crippen molar-refractivity contribution in [2.45, 2.75) is 12.5 Å². The summed E-state index contributed by atoms with van der Waals surface area (Å²) in [6.45, 7) is 0.740. The van der Waals surface area contributed by atoms with Crippen LogP contribution in [0.5, 0.6) is 5.75 Å². The van der Waals surface area contributed by atoms with Gasteiger partial charge in [-0.05, 0) is 35.4 Å². The number of halogens is 2. The molecule has 2 aromatic carbocycles. The van der Waals surface area contributed by atoms with Crippen molar-refractivity contribution >= 4 is 31.9 Å². The Morgan fingerprint density at radius 3 is 2.74 bits per heavy atom. The standard InChI is InChI=1S/C15H13Br2NO/c16-11-3-1-2-9(6-11)14(18)13-8-12(17)7-10-4-5-19-15(10)13/h1-3,6-8,14H,4-5,18H2. The van der Waals surface area contributed by atoms with Crippen molar-refractivity contribution < 1.29 is 4.74 Å². The first-order valence-electron chi connectivity index (χ1n) is 6.11. The van der Waals surface area contributed by atoms with Crippen molar-refractivity contribution in [3.05, 3.63) is 62.0 Å². The minimum absolute atomic E-state index is 0.179. The van der Waals surface area contributed by atoms with Crippen molar-refractivity contribution in [2.24, 2.45) is 5.73 Å². The SMILES string of the molecule is NC(c1cccc(Br)c1)c1cc(Br)cc2c1OCC2. The molecule has 4 heteroatoms. The zero-order chi connectivity index (χ0) is 13.4. The Hall–Kier alpha value is -0.840. The fraction of sp³-hybridized carbons (Fsp3) is 0.200. The molecule has 1 atom stereocenters. The molecule has 19 heavy (non-hydrogen) atoms. The molecule has 3 rings (SSSR count). The van der Waals surface area contributed by atoms with Gasteiger partial charge in [-0.3, -0.25) is 0 Å². The number of ether oxygens (including phenoxy) is 1. The molecule has 0 aliphatic carbocycles. The molecule has 2 aromatic rings. The van der Waals surface area contributed by atoms with E-state index in [0.717, 1.165) is 38.8 Å². The van der Waals surface area contributed by atoms with Crippen LogP contribution in [0.15, 0.2) is 45.3 Å². The summed E-state index contributed by atoms with van der Waals surface area (Å²) in [6, 6.07) is 12.1. The van der Waals surface area contributed by atoms with E-state index in [2.05, 4.69) is 44.0 Å². The molecule has 0 saturated heterocycles. The zero-order valence-electron chi connectivity index (χ0n) is 10.2. The zero-order valence-corrected chi connectivity index (χ0v) is 13.4. The Morgan fingerprint density at radius 2 is 1.95 bits per heavy atom. The normalized spacial score (nSPS) is 14.9. The molecule has 2 nitrogen and oxygen atoms in total. The Labute approximate surface area is 129 Å². The second-order valence-electron chi connectivity index (χ2n) is 4.61. The van der Waals surface area contributed by atoms with E-state index >= 15 is 0 Å².